The first kappa shape index (κ1) is 17.9. The monoisotopic (exact) mass is 415 g/mol. The summed E-state index contributed by atoms with van der Waals surface area (Å²) in [6.07, 6.45) is 0. The third kappa shape index (κ3) is 4.04. The Bertz CT molecular complexity index is 1010. The number of nitrogens with zero attached hydrogens (tertiary/aromatic N) is 2. The zero-order valence-corrected chi connectivity index (χ0v) is 15.9. The maximum Gasteiger partial charge on any atom is 0.263 e. The summed E-state index contributed by atoms with van der Waals surface area (Å²) in [5, 5.41) is 9.38. The molecule has 3 rings (SSSR count). The summed E-state index contributed by atoms with van der Waals surface area (Å²) in [6, 6.07) is 11.2. The average Bonchev–Trinajstić information content (AvgIpc) is 3.03. The van der Waals surface area contributed by atoms with E-state index in [1.54, 1.807) is 24.3 Å². The predicted molar refractivity (Wildman–Crippen MR) is 99.2 cm³/mol. The summed E-state index contributed by atoms with van der Waals surface area (Å²) in [5.74, 6) is 0.390. The molecule has 6 nitrogen and oxygen atoms in total. The minimum absolute atomic E-state index is 0.00143. The number of rotatable bonds is 5. The maximum absolute atomic E-state index is 12.5. The molecule has 0 bridgehead atoms. The SMILES string of the molecule is COc1ccc(S(=O)(=O)Nc2nnc(-c3ccc(Cl)cc3)s2)cc1Cl. The Kier molecular flexibility index (Phi) is 5.14. The van der Waals surface area contributed by atoms with Crippen LogP contribution >= 0.6 is 34.5 Å². The number of methoxy groups -OCH3 is 1. The number of sulfonamides is 1. The lowest BCUT2D eigenvalue weighted by atomic mass is 10.2. The molecular formula is C15H11Cl2N3O3S2. The van der Waals surface area contributed by atoms with Crippen LogP contribution < -0.4 is 9.46 Å². The Labute approximate surface area is 158 Å². The second kappa shape index (κ2) is 7.17. The van der Waals surface area contributed by atoms with Crippen molar-refractivity contribution in [1.82, 2.24) is 10.2 Å². The molecule has 10 heteroatoms. The standard InChI is InChI=1S/C15H11Cl2N3O3S2/c1-23-13-7-6-11(8-12(13)17)25(21,22)20-15-19-18-14(24-15)9-2-4-10(16)5-3-9/h2-8H,1H3,(H,19,20). The Morgan fingerprint density at radius 3 is 2.44 bits per heavy atom. The molecule has 130 valence electrons. The number of hydrogen-bond acceptors (Lipinski definition) is 6. The first-order valence-electron chi connectivity index (χ1n) is 6.85. The van der Waals surface area contributed by atoms with Crippen molar-refractivity contribution in [3.05, 3.63) is 52.5 Å². The molecule has 0 spiro atoms. The molecule has 1 aromatic heterocycles. The van der Waals surface area contributed by atoms with Crippen LogP contribution in [0, 0.1) is 0 Å². The molecule has 2 aromatic carbocycles. The van der Waals surface area contributed by atoms with Crippen LogP contribution in [0.4, 0.5) is 5.13 Å². The van der Waals surface area contributed by atoms with Gasteiger partial charge in [0.05, 0.1) is 17.0 Å². The van der Waals surface area contributed by atoms with E-state index in [0.29, 0.717) is 15.8 Å². The van der Waals surface area contributed by atoms with Gasteiger partial charge < -0.3 is 4.74 Å². The normalized spacial score (nSPS) is 11.3. The Morgan fingerprint density at radius 2 is 1.80 bits per heavy atom. The predicted octanol–water partition coefficient (Wildman–Crippen LogP) is 4.32. The number of aromatic nitrogens is 2. The Morgan fingerprint density at radius 1 is 1.08 bits per heavy atom. The van der Waals surface area contributed by atoms with Gasteiger partial charge in [-0.05, 0) is 30.3 Å². The lowest BCUT2D eigenvalue weighted by molar-refractivity contribution is 0.414. The van der Waals surface area contributed by atoms with E-state index in [-0.39, 0.29) is 15.0 Å². The highest BCUT2D eigenvalue weighted by molar-refractivity contribution is 7.93. The quantitative estimate of drug-likeness (QED) is 0.670. The Balaban J connectivity index is 1.84. The second-order valence-electron chi connectivity index (χ2n) is 4.82. The van der Waals surface area contributed by atoms with Crippen molar-refractivity contribution in [3.63, 3.8) is 0 Å². The summed E-state index contributed by atoms with van der Waals surface area (Å²) in [7, 11) is -2.39. The topological polar surface area (TPSA) is 81.2 Å². The van der Waals surface area contributed by atoms with Gasteiger partial charge in [0.2, 0.25) is 5.13 Å². The maximum atomic E-state index is 12.5. The molecule has 0 fully saturated rings. The first-order chi connectivity index (χ1) is 11.9. The zero-order chi connectivity index (χ0) is 18.0. The van der Waals surface area contributed by atoms with Gasteiger partial charge in [0, 0.05) is 10.6 Å². The molecule has 0 radical (unpaired) electrons. The molecule has 0 unspecified atom stereocenters. The fourth-order valence-electron chi connectivity index (χ4n) is 1.96. The molecule has 1 heterocycles. The summed E-state index contributed by atoms with van der Waals surface area (Å²) in [4.78, 5) is 0.00143. The van der Waals surface area contributed by atoms with Gasteiger partial charge in [-0.2, -0.15) is 0 Å². The first-order valence-corrected chi connectivity index (χ1v) is 9.90. The summed E-state index contributed by atoms with van der Waals surface area (Å²) in [6.45, 7) is 0. The van der Waals surface area contributed by atoms with Gasteiger partial charge in [0.25, 0.3) is 10.0 Å². The largest absolute Gasteiger partial charge is 0.495 e. The highest BCUT2D eigenvalue weighted by atomic mass is 35.5. The fourth-order valence-corrected chi connectivity index (χ4v) is 4.42. The van der Waals surface area contributed by atoms with Gasteiger partial charge >= 0.3 is 0 Å². The van der Waals surface area contributed by atoms with E-state index in [0.717, 1.165) is 16.9 Å². The van der Waals surface area contributed by atoms with Crippen LogP contribution in [0.5, 0.6) is 5.75 Å². The van der Waals surface area contributed by atoms with Crippen LogP contribution in [-0.4, -0.2) is 25.7 Å². The lowest BCUT2D eigenvalue weighted by Crippen LogP contribution is -2.12. The molecule has 0 aliphatic rings. The van der Waals surface area contributed by atoms with Crippen LogP contribution in [0.15, 0.2) is 47.4 Å². The van der Waals surface area contributed by atoms with E-state index in [1.807, 2.05) is 0 Å². The molecule has 0 saturated heterocycles. The van der Waals surface area contributed by atoms with E-state index < -0.39 is 10.0 Å². The van der Waals surface area contributed by atoms with Crippen molar-refractivity contribution in [2.75, 3.05) is 11.8 Å². The van der Waals surface area contributed by atoms with Crippen molar-refractivity contribution >= 4 is 49.7 Å². The minimum Gasteiger partial charge on any atom is -0.495 e. The van der Waals surface area contributed by atoms with E-state index in [4.69, 9.17) is 27.9 Å². The van der Waals surface area contributed by atoms with Crippen LogP contribution in [0.3, 0.4) is 0 Å². The van der Waals surface area contributed by atoms with Crippen LogP contribution in [0.1, 0.15) is 0 Å². The van der Waals surface area contributed by atoms with Crippen molar-refractivity contribution in [2.24, 2.45) is 0 Å². The summed E-state index contributed by atoms with van der Waals surface area (Å²) < 4.78 is 32.3. The van der Waals surface area contributed by atoms with Gasteiger partial charge in [-0.3, -0.25) is 4.72 Å². The average molecular weight is 416 g/mol. The van der Waals surface area contributed by atoms with Gasteiger partial charge in [0.15, 0.2) is 0 Å². The van der Waals surface area contributed by atoms with Crippen LogP contribution in [0.2, 0.25) is 10.0 Å². The lowest BCUT2D eigenvalue weighted by Gasteiger charge is -2.07. The van der Waals surface area contributed by atoms with E-state index in [2.05, 4.69) is 14.9 Å². The third-order valence-corrected chi connectivity index (χ3v) is 6.07. The number of ether oxygens (including phenoxy) is 1. The van der Waals surface area contributed by atoms with Crippen LogP contribution in [-0.2, 0) is 10.0 Å². The summed E-state index contributed by atoms with van der Waals surface area (Å²) in [5.41, 5.74) is 0.792. The molecule has 0 aliphatic carbocycles. The zero-order valence-electron chi connectivity index (χ0n) is 12.7. The van der Waals surface area contributed by atoms with Gasteiger partial charge in [-0.25, -0.2) is 8.42 Å². The molecule has 0 aliphatic heterocycles. The highest BCUT2D eigenvalue weighted by Gasteiger charge is 2.19. The van der Waals surface area contributed by atoms with Gasteiger partial charge in [0.1, 0.15) is 10.8 Å². The number of nitrogens with one attached hydrogen (secondary N) is 1. The molecule has 0 saturated carbocycles. The molecule has 0 amide bonds. The molecular weight excluding hydrogens is 405 g/mol. The Hall–Kier alpha value is -1.87. The smallest absolute Gasteiger partial charge is 0.263 e. The van der Waals surface area contributed by atoms with E-state index in [9.17, 15) is 8.42 Å². The van der Waals surface area contributed by atoms with Crippen molar-refractivity contribution in [3.8, 4) is 16.3 Å². The van der Waals surface area contributed by atoms with Gasteiger partial charge in [-0.1, -0.05) is 46.7 Å². The molecule has 3 aromatic rings. The van der Waals surface area contributed by atoms with Crippen molar-refractivity contribution in [1.29, 1.82) is 0 Å². The van der Waals surface area contributed by atoms with Crippen molar-refractivity contribution in [2.45, 2.75) is 4.90 Å². The van der Waals surface area contributed by atoms with Gasteiger partial charge in [-0.15, -0.1) is 10.2 Å². The molecule has 1 N–H and O–H groups in total. The van der Waals surface area contributed by atoms with E-state index in [1.165, 1.54) is 25.3 Å². The number of hydrogen-bond donors (Lipinski definition) is 1. The third-order valence-electron chi connectivity index (χ3n) is 3.17. The van der Waals surface area contributed by atoms with E-state index >= 15 is 0 Å². The second-order valence-corrected chi connectivity index (χ2v) is 8.32. The fraction of sp³-hybridized carbons (Fsp3) is 0.0667. The number of benzene rings is 2. The molecule has 0 atom stereocenters. The summed E-state index contributed by atoms with van der Waals surface area (Å²) >= 11 is 12.9. The number of halogens is 2. The number of anilines is 1. The highest BCUT2D eigenvalue weighted by Crippen LogP contribution is 2.30. The van der Waals surface area contributed by atoms with Crippen LogP contribution in [0.25, 0.3) is 10.6 Å². The minimum atomic E-state index is -3.84. The van der Waals surface area contributed by atoms with Crippen molar-refractivity contribution < 1.29 is 13.2 Å². The molecule has 25 heavy (non-hydrogen) atoms.